The van der Waals surface area contributed by atoms with Gasteiger partial charge in [0.15, 0.2) is 0 Å². The predicted octanol–water partition coefficient (Wildman–Crippen LogP) is 3.39. The summed E-state index contributed by atoms with van der Waals surface area (Å²) in [5.74, 6) is 0.712. The van der Waals surface area contributed by atoms with E-state index in [2.05, 4.69) is 10.6 Å². The maximum absolute atomic E-state index is 12.0. The van der Waals surface area contributed by atoms with E-state index in [1.165, 1.54) is 0 Å². The van der Waals surface area contributed by atoms with Gasteiger partial charge in [-0.15, -0.1) is 0 Å². The fourth-order valence-electron chi connectivity index (χ4n) is 2.12. The van der Waals surface area contributed by atoms with Gasteiger partial charge in [0.2, 0.25) is 5.91 Å². The van der Waals surface area contributed by atoms with Gasteiger partial charge in [0, 0.05) is 22.8 Å². The molecule has 0 aliphatic heterocycles. The summed E-state index contributed by atoms with van der Waals surface area (Å²) in [6.07, 6.45) is 0. The Morgan fingerprint density at radius 2 is 2.00 bits per heavy atom. The van der Waals surface area contributed by atoms with Crippen LogP contribution in [0.25, 0.3) is 0 Å². The molecule has 0 atom stereocenters. The standard InChI is InChI=1S/C17H19ClN2O2/c1-12-9-14(18)7-8-15(12)20-17(21)11-19-10-13-5-3-4-6-16(13)22-2/h3-9,19H,10-11H2,1-2H3,(H,20,21). The Balaban J connectivity index is 1.85. The summed E-state index contributed by atoms with van der Waals surface area (Å²) < 4.78 is 5.27. The summed E-state index contributed by atoms with van der Waals surface area (Å²) in [4.78, 5) is 12.0. The zero-order valence-corrected chi connectivity index (χ0v) is 13.4. The van der Waals surface area contributed by atoms with Crippen LogP contribution in [0.3, 0.4) is 0 Å². The van der Waals surface area contributed by atoms with E-state index < -0.39 is 0 Å². The number of rotatable bonds is 6. The van der Waals surface area contributed by atoms with Crippen molar-refractivity contribution < 1.29 is 9.53 Å². The van der Waals surface area contributed by atoms with Crippen molar-refractivity contribution in [3.63, 3.8) is 0 Å². The molecule has 0 bridgehead atoms. The van der Waals surface area contributed by atoms with Crippen molar-refractivity contribution in [2.24, 2.45) is 0 Å². The van der Waals surface area contributed by atoms with Gasteiger partial charge in [-0.25, -0.2) is 0 Å². The number of nitrogens with one attached hydrogen (secondary N) is 2. The van der Waals surface area contributed by atoms with Crippen LogP contribution < -0.4 is 15.4 Å². The van der Waals surface area contributed by atoms with Gasteiger partial charge in [0.1, 0.15) is 5.75 Å². The second-order valence-corrected chi connectivity index (χ2v) is 5.36. The quantitative estimate of drug-likeness (QED) is 0.858. The van der Waals surface area contributed by atoms with E-state index in [0.29, 0.717) is 11.6 Å². The number of aryl methyl sites for hydroxylation is 1. The molecule has 0 unspecified atom stereocenters. The number of carbonyl (C=O) groups is 1. The van der Waals surface area contributed by atoms with Gasteiger partial charge in [0.25, 0.3) is 0 Å². The minimum Gasteiger partial charge on any atom is -0.496 e. The van der Waals surface area contributed by atoms with Crippen molar-refractivity contribution in [3.05, 3.63) is 58.6 Å². The third kappa shape index (κ3) is 4.48. The van der Waals surface area contributed by atoms with Crippen LogP contribution in [0, 0.1) is 6.92 Å². The third-order valence-electron chi connectivity index (χ3n) is 3.26. The minimum absolute atomic E-state index is 0.0969. The third-order valence-corrected chi connectivity index (χ3v) is 3.49. The predicted molar refractivity (Wildman–Crippen MR) is 89.5 cm³/mol. The van der Waals surface area contributed by atoms with Gasteiger partial charge in [-0.2, -0.15) is 0 Å². The fourth-order valence-corrected chi connectivity index (χ4v) is 2.35. The van der Waals surface area contributed by atoms with Crippen molar-refractivity contribution in [1.82, 2.24) is 5.32 Å². The molecule has 0 aliphatic rings. The lowest BCUT2D eigenvalue weighted by Crippen LogP contribution is -2.28. The van der Waals surface area contributed by atoms with Gasteiger partial charge in [0.05, 0.1) is 13.7 Å². The molecule has 2 aromatic carbocycles. The highest BCUT2D eigenvalue weighted by Gasteiger charge is 2.06. The van der Waals surface area contributed by atoms with E-state index in [9.17, 15) is 4.79 Å². The molecule has 22 heavy (non-hydrogen) atoms. The molecule has 0 saturated carbocycles. The normalized spacial score (nSPS) is 10.3. The first-order valence-electron chi connectivity index (χ1n) is 6.99. The second-order valence-electron chi connectivity index (χ2n) is 4.92. The average Bonchev–Trinajstić information content (AvgIpc) is 2.50. The van der Waals surface area contributed by atoms with Crippen molar-refractivity contribution in [3.8, 4) is 5.75 Å². The number of hydrogen-bond acceptors (Lipinski definition) is 3. The van der Waals surface area contributed by atoms with Crippen LogP contribution in [0.2, 0.25) is 5.02 Å². The monoisotopic (exact) mass is 318 g/mol. The lowest BCUT2D eigenvalue weighted by Gasteiger charge is -2.11. The number of halogens is 1. The highest BCUT2D eigenvalue weighted by molar-refractivity contribution is 6.30. The van der Waals surface area contributed by atoms with Gasteiger partial charge in [-0.1, -0.05) is 29.8 Å². The van der Waals surface area contributed by atoms with Crippen LogP contribution >= 0.6 is 11.6 Å². The second kappa shape index (κ2) is 7.82. The van der Waals surface area contributed by atoms with Gasteiger partial charge >= 0.3 is 0 Å². The van der Waals surface area contributed by atoms with E-state index in [1.807, 2.05) is 37.3 Å². The van der Waals surface area contributed by atoms with E-state index in [1.54, 1.807) is 19.2 Å². The van der Waals surface area contributed by atoms with Crippen molar-refractivity contribution in [1.29, 1.82) is 0 Å². The molecular weight excluding hydrogens is 300 g/mol. The van der Waals surface area contributed by atoms with E-state index in [-0.39, 0.29) is 12.5 Å². The molecule has 0 heterocycles. The number of methoxy groups -OCH3 is 1. The smallest absolute Gasteiger partial charge is 0.238 e. The Bertz CT molecular complexity index is 659. The molecule has 116 valence electrons. The zero-order chi connectivity index (χ0) is 15.9. The highest BCUT2D eigenvalue weighted by atomic mass is 35.5. The fraction of sp³-hybridized carbons (Fsp3) is 0.235. The molecule has 2 N–H and O–H groups in total. The molecule has 0 aromatic heterocycles. The molecular formula is C17H19ClN2O2. The Morgan fingerprint density at radius 1 is 1.23 bits per heavy atom. The van der Waals surface area contributed by atoms with Crippen molar-refractivity contribution >= 4 is 23.2 Å². The number of anilines is 1. The molecule has 0 radical (unpaired) electrons. The summed E-state index contributed by atoms with van der Waals surface area (Å²) in [7, 11) is 1.63. The summed E-state index contributed by atoms with van der Waals surface area (Å²) in [5.41, 5.74) is 2.72. The maximum Gasteiger partial charge on any atom is 0.238 e. The number of hydrogen-bond donors (Lipinski definition) is 2. The number of para-hydroxylation sites is 1. The molecule has 0 saturated heterocycles. The summed E-state index contributed by atoms with van der Waals surface area (Å²) in [6.45, 7) is 2.70. The lowest BCUT2D eigenvalue weighted by molar-refractivity contribution is -0.115. The van der Waals surface area contributed by atoms with Crippen LogP contribution in [-0.2, 0) is 11.3 Å². The largest absolute Gasteiger partial charge is 0.496 e. The number of ether oxygens (including phenoxy) is 1. The first kappa shape index (κ1) is 16.3. The number of benzene rings is 2. The summed E-state index contributed by atoms with van der Waals surface area (Å²) in [6, 6.07) is 13.1. The minimum atomic E-state index is -0.0969. The Kier molecular flexibility index (Phi) is 5.81. The Hall–Kier alpha value is -2.04. The molecule has 5 heteroatoms. The van der Waals surface area contributed by atoms with Crippen LogP contribution in [-0.4, -0.2) is 19.6 Å². The maximum atomic E-state index is 12.0. The van der Waals surface area contributed by atoms with Crippen LogP contribution in [0.15, 0.2) is 42.5 Å². The number of carbonyl (C=O) groups excluding carboxylic acids is 1. The molecule has 1 amide bonds. The SMILES string of the molecule is COc1ccccc1CNCC(=O)Nc1ccc(Cl)cc1C. The molecule has 0 aliphatic carbocycles. The topological polar surface area (TPSA) is 50.4 Å². The van der Waals surface area contributed by atoms with Crippen LogP contribution in [0.1, 0.15) is 11.1 Å². The first-order chi connectivity index (χ1) is 10.6. The van der Waals surface area contributed by atoms with Gasteiger partial charge in [-0.3, -0.25) is 4.79 Å². The molecule has 0 spiro atoms. The molecule has 2 rings (SSSR count). The van der Waals surface area contributed by atoms with Crippen LogP contribution in [0.4, 0.5) is 5.69 Å². The lowest BCUT2D eigenvalue weighted by atomic mass is 10.2. The van der Waals surface area contributed by atoms with Gasteiger partial charge in [-0.05, 0) is 36.8 Å². The molecule has 4 nitrogen and oxygen atoms in total. The molecule has 2 aromatic rings. The summed E-state index contributed by atoms with van der Waals surface area (Å²) in [5, 5.41) is 6.63. The zero-order valence-electron chi connectivity index (χ0n) is 12.7. The van der Waals surface area contributed by atoms with Crippen LogP contribution in [0.5, 0.6) is 5.75 Å². The van der Waals surface area contributed by atoms with Crippen molar-refractivity contribution in [2.75, 3.05) is 19.0 Å². The summed E-state index contributed by atoms with van der Waals surface area (Å²) >= 11 is 5.90. The Labute approximate surface area is 135 Å². The van der Waals surface area contributed by atoms with Crippen molar-refractivity contribution in [2.45, 2.75) is 13.5 Å². The van der Waals surface area contributed by atoms with E-state index in [0.717, 1.165) is 22.6 Å². The van der Waals surface area contributed by atoms with Gasteiger partial charge < -0.3 is 15.4 Å². The molecule has 0 fully saturated rings. The van der Waals surface area contributed by atoms with E-state index in [4.69, 9.17) is 16.3 Å². The Morgan fingerprint density at radius 3 is 2.73 bits per heavy atom. The number of amides is 1. The van der Waals surface area contributed by atoms with E-state index >= 15 is 0 Å². The highest BCUT2D eigenvalue weighted by Crippen LogP contribution is 2.19. The average molecular weight is 319 g/mol. The first-order valence-corrected chi connectivity index (χ1v) is 7.36.